The van der Waals surface area contributed by atoms with Gasteiger partial charge in [0.15, 0.2) is 11.6 Å². The maximum absolute atomic E-state index is 14.0. The average molecular weight is 357 g/mol. The van der Waals surface area contributed by atoms with E-state index in [9.17, 15) is 22.4 Å². The number of hydrogen-bond donors (Lipinski definition) is 2. The number of alkyl halides is 3. The summed E-state index contributed by atoms with van der Waals surface area (Å²) < 4.78 is 56.5. The quantitative estimate of drug-likeness (QED) is 0.800. The van der Waals surface area contributed by atoms with E-state index in [0.717, 1.165) is 18.2 Å². The molecule has 0 saturated heterocycles. The van der Waals surface area contributed by atoms with E-state index in [-0.39, 0.29) is 17.3 Å². The average Bonchev–Trinajstić information content (AvgIpc) is 2.56. The molecule has 0 aliphatic rings. The Kier molecular flexibility index (Phi) is 5.58. The lowest BCUT2D eigenvalue weighted by atomic mass is 10.2. The van der Waals surface area contributed by atoms with Crippen LogP contribution in [-0.4, -0.2) is 16.9 Å². The van der Waals surface area contributed by atoms with Gasteiger partial charge < -0.3 is 15.8 Å². The number of aromatic nitrogens is 1. The second kappa shape index (κ2) is 7.47. The van der Waals surface area contributed by atoms with Crippen molar-refractivity contribution in [3.63, 3.8) is 0 Å². The van der Waals surface area contributed by atoms with Crippen molar-refractivity contribution in [2.75, 3.05) is 5.32 Å². The van der Waals surface area contributed by atoms with Crippen LogP contribution in [0.5, 0.6) is 11.6 Å². The van der Waals surface area contributed by atoms with E-state index in [1.807, 2.05) is 0 Å². The molecule has 2 rings (SSSR count). The Balaban J connectivity index is 2.09. The maximum Gasteiger partial charge on any atom is 0.417 e. The summed E-state index contributed by atoms with van der Waals surface area (Å²) in [7, 11) is 0. The molecule has 25 heavy (non-hydrogen) atoms. The number of ether oxygens (including phenoxy) is 1. The molecule has 0 fully saturated rings. The molecule has 0 unspecified atom stereocenters. The van der Waals surface area contributed by atoms with Crippen molar-refractivity contribution in [2.24, 2.45) is 5.73 Å². The topological polar surface area (TPSA) is 77.2 Å². The van der Waals surface area contributed by atoms with Gasteiger partial charge in [-0.15, -0.1) is 0 Å². The van der Waals surface area contributed by atoms with Gasteiger partial charge in [0.05, 0.1) is 11.6 Å². The molecule has 134 valence electrons. The lowest BCUT2D eigenvalue weighted by molar-refractivity contribution is -0.137. The van der Waals surface area contributed by atoms with Crippen LogP contribution < -0.4 is 15.8 Å². The van der Waals surface area contributed by atoms with Crippen LogP contribution in [0.4, 0.5) is 23.2 Å². The highest BCUT2D eigenvalue weighted by molar-refractivity contribution is 5.94. The first kappa shape index (κ1) is 18.7. The van der Waals surface area contributed by atoms with Crippen LogP contribution in [-0.2, 0) is 11.0 Å². The van der Waals surface area contributed by atoms with Crippen molar-refractivity contribution >= 4 is 11.6 Å². The zero-order valence-electron chi connectivity index (χ0n) is 13.1. The van der Waals surface area contributed by atoms with Crippen molar-refractivity contribution in [3.05, 3.63) is 47.9 Å². The van der Waals surface area contributed by atoms with Gasteiger partial charge >= 0.3 is 6.18 Å². The minimum atomic E-state index is -4.52. The zero-order valence-corrected chi connectivity index (χ0v) is 13.1. The molecule has 9 heteroatoms. The summed E-state index contributed by atoms with van der Waals surface area (Å²) in [6, 6.07) is 4.67. The van der Waals surface area contributed by atoms with Crippen molar-refractivity contribution in [2.45, 2.75) is 25.6 Å². The largest absolute Gasteiger partial charge is 0.436 e. The van der Waals surface area contributed by atoms with Crippen molar-refractivity contribution in [3.8, 4) is 11.6 Å². The number of anilines is 1. The third-order valence-electron chi connectivity index (χ3n) is 3.25. The van der Waals surface area contributed by atoms with Gasteiger partial charge in [-0.25, -0.2) is 9.37 Å². The summed E-state index contributed by atoms with van der Waals surface area (Å²) in [5, 5.41) is 2.45. The molecule has 1 atom stereocenters. The molecular weight excluding hydrogens is 342 g/mol. The molecule has 0 saturated carbocycles. The van der Waals surface area contributed by atoms with E-state index in [4.69, 9.17) is 10.5 Å². The second-order valence-electron chi connectivity index (χ2n) is 5.13. The molecular formula is C16H15F4N3O2. The van der Waals surface area contributed by atoms with Crippen LogP contribution in [0, 0.1) is 5.82 Å². The van der Waals surface area contributed by atoms with Crippen LogP contribution in [0.15, 0.2) is 36.5 Å². The Morgan fingerprint density at radius 2 is 2.04 bits per heavy atom. The SMILES string of the molecule is CC[C@H](N)C(=O)Nc1ccc(Oc2ccc(C(F)(F)F)cn2)c(F)c1. The summed E-state index contributed by atoms with van der Waals surface area (Å²) in [5.41, 5.74) is 4.80. The Hall–Kier alpha value is -2.68. The minimum absolute atomic E-state index is 0.180. The smallest absolute Gasteiger partial charge is 0.417 e. The van der Waals surface area contributed by atoms with Gasteiger partial charge in [0.1, 0.15) is 0 Å². The minimum Gasteiger partial charge on any atom is -0.436 e. The Morgan fingerprint density at radius 3 is 2.56 bits per heavy atom. The van der Waals surface area contributed by atoms with Crippen molar-refractivity contribution in [1.82, 2.24) is 4.98 Å². The number of carbonyl (C=O) groups is 1. The number of benzene rings is 1. The van der Waals surface area contributed by atoms with Gasteiger partial charge in [0, 0.05) is 24.0 Å². The highest BCUT2D eigenvalue weighted by Gasteiger charge is 2.30. The third-order valence-corrected chi connectivity index (χ3v) is 3.25. The molecule has 1 aromatic heterocycles. The molecule has 0 aliphatic carbocycles. The number of carbonyl (C=O) groups excluding carboxylic acids is 1. The first-order chi connectivity index (χ1) is 11.7. The van der Waals surface area contributed by atoms with Gasteiger partial charge in [-0.2, -0.15) is 13.2 Å². The van der Waals surface area contributed by atoms with Crippen molar-refractivity contribution in [1.29, 1.82) is 0 Å². The molecule has 5 nitrogen and oxygen atoms in total. The first-order valence-corrected chi connectivity index (χ1v) is 7.27. The predicted octanol–water partition coefficient (Wildman–Crippen LogP) is 3.71. The normalized spacial score (nSPS) is 12.6. The highest BCUT2D eigenvalue weighted by Crippen LogP contribution is 2.31. The van der Waals surface area contributed by atoms with Crippen LogP contribution in [0.25, 0.3) is 0 Å². The van der Waals surface area contributed by atoms with E-state index < -0.39 is 29.5 Å². The summed E-state index contributed by atoms with van der Waals surface area (Å²) in [6.45, 7) is 1.73. The molecule has 1 aromatic carbocycles. The van der Waals surface area contributed by atoms with Crippen LogP contribution in [0.1, 0.15) is 18.9 Å². The maximum atomic E-state index is 14.0. The Labute approximate surface area is 140 Å². The fourth-order valence-electron chi connectivity index (χ4n) is 1.80. The number of nitrogens with one attached hydrogen (secondary N) is 1. The summed E-state index contributed by atoms with van der Waals surface area (Å²) in [5.74, 6) is -1.72. The van der Waals surface area contributed by atoms with Gasteiger partial charge in [0.2, 0.25) is 11.8 Å². The molecule has 0 spiro atoms. The summed E-state index contributed by atoms with van der Waals surface area (Å²) >= 11 is 0. The number of nitrogens with two attached hydrogens (primary N) is 1. The molecule has 3 N–H and O–H groups in total. The van der Waals surface area contributed by atoms with Gasteiger partial charge in [0.25, 0.3) is 0 Å². The summed E-state index contributed by atoms with van der Waals surface area (Å²) in [6.07, 6.45) is -3.50. The molecule has 0 bridgehead atoms. The third kappa shape index (κ3) is 4.90. The second-order valence-corrected chi connectivity index (χ2v) is 5.13. The first-order valence-electron chi connectivity index (χ1n) is 7.27. The number of nitrogens with zero attached hydrogens (tertiary/aromatic N) is 1. The number of hydrogen-bond acceptors (Lipinski definition) is 4. The number of rotatable bonds is 5. The standard InChI is InChI=1S/C16H15F4N3O2/c1-2-12(21)15(24)23-10-4-5-13(11(17)7-10)25-14-6-3-9(8-22-14)16(18,19)20/h3-8,12H,2,21H2,1H3,(H,23,24)/t12-/m0/s1. The van der Waals surface area contributed by atoms with E-state index >= 15 is 0 Å². The number of amides is 1. The lowest BCUT2D eigenvalue weighted by Gasteiger charge is -2.12. The van der Waals surface area contributed by atoms with Gasteiger partial charge in [-0.1, -0.05) is 6.92 Å². The lowest BCUT2D eigenvalue weighted by Crippen LogP contribution is -2.34. The Morgan fingerprint density at radius 1 is 1.32 bits per heavy atom. The monoisotopic (exact) mass is 357 g/mol. The molecule has 0 aliphatic heterocycles. The van der Waals surface area contributed by atoms with E-state index in [1.165, 1.54) is 12.1 Å². The van der Waals surface area contributed by atoms with E-state index in [2.05, 4.69) is 10.3 Å². The molecule has 1 heterocycles. The summed E-state index contributed by atoms with van der Waals surface area (Å²) in [4.78, 5) is 15.1. The fourth-order valence-corrected chi connectivity index (χ4v) is 1.80. The van der Waals surface area contributed by atoms with E-state index in [0.29, 0.717) is 12.6 Å². The Bertz CT molecular complexity index is 748. The number of halogens is 4. The van der Waals surface area contributed by atoms with Crippen LogP contribution in [0.3, 0.4) is 0 Å². The highest BCUT2D eigenvalue weighted by atomic mass is 19.4. The fraction of sp³-hybridized carbons (Fsp3) is 0.250. The zero-order chi connectivity index (χ0) is 18.6. The van der Waals surface area contributed by atoms with Gasteiger partial charge in [-0.05, 0) is 24.6 Å². The number of pyridine rings is 1. The van der Waals surface area contributed by atoms with Crippen LogP contribution in [0.2, 0.25) is 0 Å². The van der Waals surface area contributed by atoms with E-state index in [1.54, 1.807) is 6.92 Å². The predicted molar refractivity (Wildman–Crippen MR) is 82.6 cm³/mol. The molecule has 2 aromatic rings. The van der Waals surface area contributed by atoms with Gasteiger partial charge in [-0.3, -0.25) is 4.79 Å². The van der Waals surface area contributed by atoms with Crippen LogP contribution >= 0.6 is 0 Å². The molecule has 0 radical (unpaired) electrons. The van der Waals surface area contributed by atoms with Crippen molar-refractivity contribution < 1.29 is 27.1 Å². The molecule has 1 amide bonds.